The van der Waals surface area contributed by atoms with Crippen LogP contribution in [0, 0.1) is 0 Å². The largest absolute Gasteiger partial charge is 0.364 e. The molecule has 1 aromatic rings. The van der Waals surface area contributed by atoms with E-state index >= 15 is 0 Å². The fraction of sp³-hybridized carbons (Fsp3) is 0.273. The number of anilines is 1. The second-order valence-corrected chi connectivity index (χ2v) is 4.37. The summed E-state index contributed by atoms with van der Waals surface area (Å²) >= 11 is 11.1. The van der Waals surface area contributed by atoms with Gasteiger partial charge in [-0.05, 0) is 24.4 Å². The number of thiocarbonyl (C=S) groups is 1. The molecule has 0 bridgehead atoms. The molecule has 0 aliphatic carbocycles. The van der Waals surface area contributed by atoms with E-state index in [9.17, 15) is 0 Å². The first-order chi connectivity index (χ1) is 8.20. The third kappa shape index (κ3) is 2.87. The van der Waals surface area contributed by atoms with Crippen LogP contribution in [0.25, 0.3) is 0 Å². The minimum Gasteiger partial charge on any atom is -0.364 e. The molecule has 1 aliphatic rings. The summed E-state index contributed by atoms with van der Waals surface area (Å²) in [5.74, 6) is 0.851. The van der Waals surface area contributed by atoms with Gasteiger partial charge in [0.25, 0.3) is 0 Å². The summed E-state index contributed by atoms with van der Waals surface area (Å²) in [7, 11) is 1.76. The summed E-state index contributed by atoms with van der Waals surface area (Å²) in [5.41, 5.74) is 4.14. The maximum Gasteiger partial charge on any atom is 0.194 e. The fourth-order valence-electron chi connectivity index (χ4n) is 1.60. The Balaban J connectivity index is 2.11. The average molecular weight is 269 g/mol. The van der Waals surface area contributed by atoms with E-state index in [1.807, 2.05) is 29.3 Å². The van der Waals surface area contributed by atoms with Crippen LogP contribution in [-0.2, 0) is 0 Å². The Labute approximate surface area is 111 Å². The van der Waals surface area contributed by atoms with Gasteiger partial charge in [0.05, 0.1) is 10.7 Å². The van der Waals surface area contributed by atoms with Crippen molar-refractivity contribution in [2.75, 3.05) is 18.6 Å². The van der Waals surface area contributed by atoms with Crippen LogP contribution in [0.2, 0.25) is 5.02 Å². The molecule has 2 N–H and O–H groups in total. The van der Waals surface area contributed by atoms with Crippen LogP contribution >= 0.6 is 23.8 Å². The number of nitrogens with one attached hydrogen (secondary N) is 2. The molecule has 0 saturated carbocycles. The minimum absolute atomic E-state index is 0.480. The van der Waals surface area contributed by atoms with Crippen LogP contribution in [0.4, 0.5) is 5.69 Å². The lowest BCUT2D eigenvalue weighted by atomic mass is 10.3. The summed E-state index contributed by atoms with van der Waals surface area (Å²) in [5, 5.41) is 5.99. The van der Waals surface area contributed by atoms with Gasteiger partial charge >= 0.3 is 0 Å². The van der Waals surface area contributed by atoms with Gasteiger partial charge in [0.2, 0.25) is 0 Å². The number of nitrogens with zero attached hydrogens (tertiary/aromatic N) is 2. The van der Waals surface area contributed by atoms with Crippen LogP contribution in [0.3, 0.4) is 0 Å². The minimum atomic E-state index is 0.480. The van der Waals surface area contributed by atoms with Gasteiger partial charge in [-0.15, -0.1) is 0 Å². The van der Waals surface area contributed by atoms with Crippen molar-refractivity contribution < 1.29 is 0 Å². The lowest BCUT2D eigenvalue weighted by molar-refractivity contribution is 0.858. The molecule has 90 valence electrons. The first kappa shape index (κ1) is 12.1. The van der Waals surface area contributed by atoms with Crippen LogP contribution in [0.5, 0.6) is 0 Å². The van der Waals surface area contributed by atoms with Crippen molar-refractivity contribution in [2.24, 2.45) is 4.99 Å². The molecule has 4 nitrogen and oxygen atoms in total. The van der Waals surface area contributed by atoms with Gasteiger partial charge in [0.1, 0.15) is 5.84 Å². The highest BCUT2D eigenvalue weighted by Crippen LogP contribution is 2.25. The molecule has 0 amide bonds. The molecule has 0 radical (unpaired) electrons. The molecule has 1 saturated heterocycles. The molecule has 0 unspecified atom stereocenters. The molecule has 1 aliphatic heterocycles. The summed E-state index contributed by atoms with van der Waals surface area (Å²) in [6, 6.07) is 7.70. The van der Waals surface area contributed by atoms with E-state index in [1.54, 1.807) is 7.05 Å². The SMILES string of the molecule is CNC(=S)N=C1CCN(c2ccccc2Cl)N1. The molecule has 1 fully saturated rings. The predicted molar refractivity (Wildman–Crippen MR) is 75.6 cm³/mol. The lowest BCUT2D eigenvalue weighted by Crippen LogP contribution is -2.34. The van der Waals surface area contributed by atoms with Crippen molar-refractivity contribution in [3.63, 3.8) is 0 Å². The number of amidine groups is 1. The molecular formula is C11H13ClN4S. The van der Waals surface area contributed by atoms with Gasteiger partial charge in [0, 0.05) is 20.0 Å². The van der Waals surface area contributed by atoms with E-state index < -0.39 is 0 Å². The van der Waals surface area contributed by atoms with Crippen LogP contribution in [0.1, 0.15) is 6.42 Å². The lowest BCUT2D eigenvalue weighted by Gasteiger charge is -2.19. The number of halogens is 1. The zero-order valence-electron chi connectivity index (χ0n) is 9.40. The van der Waals surface area contributed by atoms with E-state index in [0.717, 1.165) is 29.5 Å². The first-order valence-corrected chi connectivity index (χ1v) is 6.07. The van der Waals surface area contributed by atoms with Crippen LogP contribution in [-0.4, -0.2) is 24.5 Å². The van der Waals surface area contributed by atoms with Gasteiger partial charge in [-0.25, -0.2) is 4.99 Å². The van der Waals surface area contributed by atoms with Crippen LogP contribution < -0.4 is 15.8 Å². The maximum absolute atomic E-state index is 6.13. The Hall–Kier alpha value is -1.33. The maximum atomic E-state index is 6.13. The number of para-hydroxylation sites is 1. The van der Waals surface area contributed by atoms with Crippen molar-refractivity contribution in [3.05, 3.63) is 29.3 Å². The highest BCUT2D eigenvalue weighted by Gasteiger charge is 2.19. The molecule has 0 aromatic heterocycles. The smallest absolute Gasteiger partial charge is 0.194 e. The summed E-state index contributed by atoms with van der Waals surface area (Å²) in [6.07, 6.45) is 0.826. The average Bonchev–Trinajstić information content (AvgIpc) is 2.78. The Bertz CT molecular complexity index is 461. The summed E-state index contributed by atoms with van der Waals surface area (Å²) in [4.78, 5) is 4.24. The molecule has 1 heterocycles. The van der Waals surface area contributed by atoms with E-state index in [-0.39, 0.29) is 0 Å². The molecule has 0 spiro atoms. The number of hydrogen-bond acceptors (Lipinski definition) is 2. The predicted octanol–water partition coefficient (Wildman–Crippen LogP) is 1.96. The van der Waals surface area contributed by atoms with Gasteiger partial charge in [-0.2, -0.15) is 0 Å². The first-order valence-electron chi connectivity index (χ1n) is 5.28. The van der Waals surface area contributed by atoms with Crippen molar-refractivity contribution in [1.82, 2.24) is 10.7 Å². The van der Waals surface area contributed by atoms with Crippen LogP contribution in [0.15, 0.2) is 29.3 Å². The van der Waals surface area contributed by atoms with E-state index in [1.165, 1.54) is 0 Å². The van der Waals surface area contributed by atoms with Crippen molar-refractivity contribution in [3.8, 4) is 0 Å². The molecule has 6 heteroatoms. The van der Waals surface area contributed by atoms with Crippen molar-refractivity contribution in [1.29, 1.82) is 0 Å². The molecule has 1 aromatic carbocycles. The Morgan fingerprint density at radius 3 is 3.00 bits per heavy atom. The third-order valence-corrected chi connectivity index (χ3v) is 3.04. The van der Waals surface area contributed by atoms with Gasteiger partial charge < -0.3 is 5.32 Å². The number of hydrogen-bond donors (Lipinski definition) is 2. The quantitative estimate of drug-likeness (QED) is 0.764. The monoisotopic (exact) mass is 268 g/mol. The Morgan fingerprint density at radius 2 is 2.29 bits per heavy atom. The topological polar surface area (TPSA) is 39.7 Å². The zero-order valence-corrected chi connectivity index (χ0v) is 11.0. The molecular weight excluding hydrogens is 256 g/mol. The summed E-state index contributed by atoms with van der Waals surface area (Å²) in [6.45, 7) is 0.828. The Morgan fingerprint density at radius 1 is 1.53 bits per heavy atom. The van der Waals surface area contributed by atoms with E-state index in [4.69, 9.17) is 23.8 Å². The second kappa shape index (κ2) is 5.33. The number of hydrazine groups is 1. The highest BCUT2D eigenvalue weighted by atomic mass is 35.5. The normalized spacial score (nSPS) is 17.1. The zero-order chi connectivity index (χ0) is 12.3. The number of benzene rings is 1. The van der Waals surface area contributed by atoms with Gasteiger partial charge in [-0.1, -0.05) is 23.7 Å². The molecule has 2 rings (SSSR count). The van der Waals surface area contributed by atoms with Gasteiger partial charge in [-0.3, -0.25) is 10.4 Å². The summed E-state index contributed by atoms with van der Waals surface area (Å²) < 4.78 is 0. The molecule has 17 heavy (non-hydrogen) atoms. The van der Waals surface area contributed by atoms with Crippen molar-refractivity contribution >= 4 is 40.5 Å². The second-order valence-electron chi connectivity index (χ2n) is 3.58. The number of rotatable bonds is 1. The molecule has 0 atom stereocenters. The van der Waals surface area contributed by atoms with E-state index in [2.05, 4.69) is 15.7 Å². The highest BCUT2D eigenvalue weighted by molar-refractivity contribution is 7.80. The van der Waals surface area contributed by atoms with Gasteiger partial charge in [0.15, 0.2) is 5.11 Å². The fourth-order valence-corrected chi connectivity index (χ4v) is 1.94. The van der Waals surface area contributed by atoms with E-state index in [0.29, 0.717) is 5.11 Å². The third-order valence-electron chi connectivity index (χ3n) is 2.43. The van der Waals surface area contributed by atoms with Crippen molar-refractivity contribution in [2.45, 2.75) is 6.42 Å². The Kier molecular flexibility index (Phi) is 3.81. The number of aliphatic imine (C=N–C) groups is 1. The standard InChI is InChI=1S/C11H13ClN4S/c1-13-11(17)14-10-6-7-16(15-10)9-5-3-2-4-8(9)12/h2-5H,6-7H2,1H3,(H2,13,14,15,17).